The molecule has 0 bridgehead atoms. The van der Waals surface area contributed by atoms with Crippen molar-refractivity contribution < 1.29 is 14.3 Å². The van der Waals surface area contributed by atoms with E-state index < -0.39 is 0 Å². The Morgan fingerprint density at radius 3 is 2.52 bits per heavy atom. The van der Waals surface area contributed by atoms with Crippen molar-refractivity contribution in [2.24, 2.45) is 5.92 Å². The van der Waals surface area contributed by atoms with Gasteiger partial charge in [0.05, 0.1) is 18.2 Å². The topological polar surface area (TPSA) is 49.9 Å². The van der Waals surface area contributed by atoms with E-state index in [0.717, 1.165) is 50.1 Å². The number of carbonyl (C=O) groups excluding carboxylic acids is 2. The highest BCUT2D eigenvalue weighted by Crippen LogP contribution is 2.34. The summed E-state index contributed by atoms with van der Waals surface area (Å²) in [7, 11) is 0. The molecule has 1 aromatic carbocycles. The quantitative estimate of drug-likeness (QED) is 0.767. The molecule has 1 aromatic rings. The number of hydrogen-bond acceptors (Lipinski definition) is 4. The molecule has 4 rings (SSSR count). The van der Waals surface area contributed by atoms with Crippen molar-refractivity contribution in [1.29, 1.82) is 0 Å². The second-order valence-corrected chi connectivity index (χ2v) is 8.14. The average molecular weight is 368 g/mol. The third-order valence-corrected chi connectivity index (χ3v) is 5.87. The SMILES string of the molecule is Cc1ccc(C2=C(N3CCCC(C)C3)C(=O)N(CC3CCCO3)C2=O)cc1. The summed E-state index contributed by atoms with van der Waals surface area (Å²) in [5, 5.41) is 0. The largest absolute Gasteiger partial charge is 0.376 e. The van der Waals surface area contributed by atoms with Gasteiger partial charge in [-0.25, -0.2) is 0 Å². The molecule has 0 spiro atoms. The summed E-state index contributed by atoms with van der Waals surface area (Å²) in [6.07, 6.45) is 4.10. The normalized spacial score (nSPS) is 26.4. The fourth-order valence-electron chi connectivity index (χ4n) is 4.39. The molecule has 5 nitrogen and oxygen atoms in total. The predicted octanol–water partition coefficient (Wildman–Crippen LogP) is 2.99. The number of carbonyl (C=O) groups is 2. The molecule has 3 heterocycles. The average Bonchev–Trinajstić information content (AvgIpc) is 3.25. The molecule has 0 saturated carbocycles. The summed E-state index contributed by atoms with van der Waals surface area (Å²) in [4.78, 5) is 30.2. The van der Waals surface area contributed by atoms with E-state index in [1.165, 1.54) is 11.3 Å². The van der Waals surface area contributed by atoms with E-state index in [2.05, 4.69) is 11.8 Å². The van der Waals surface area contributed by atoms with Crippen LogP contribution in [0.15, 0.2) is 30.0 Å². The van der Waals surface area contributed by atoms with Crippen LogP contribution >= 0.6 is 0 Å². The highest BCUT2D eigenvalue weighted by Gasteiger charge is 2.43. The minimum atomic E-state index is -0.174. The Hall–Kier alpha value is -2.14. The van der Waals surface area contributed by atoms with E-state index in [-0.39, 0.29) is 17.9 Å². The molecule has 2 amide bonds. The summed E-state index contributed by atoms with van der Waals surface area (Å²) in [5.41, 5.74) is 3.13. The number of aryl methyl sites for hydroxylation is 1. The van der Waals surface area contributed by atoms with E-state index in [0.29, 0.717) is 23.7 Å². The summed E-state index contributed by atoms with van der Waals surface area (Å²) in [6.45, 7) is 6.98. The number of imide groups is 1. The van der Waals surface area contributed by atoms with Crippen molar-refractivity contribution in [3.8, 4) is 0 Å². The van der Waals surface area contributed by atoms with Crippen LogP contribution in [0.3, 0.4) is 0 Å². The van der Waals surface area contributed by atoms with Crippen LogP contribution in [-0.2, 0) is 14.3 Å². The van der Waals surface area contributed by atoms with Crippen molar-refractivity contribution in [2.45, 2.75) is 45.6 Å². The van der Waals surface area contributed by atoms with Gasteiger partial charge in [-0.05, 0) is 44.1 Å². The fourth-order valence-corrected chi connectivity index (χ4v) is 4.39. The lowest BCUT2D eigenvalue weighted by molar-refractivity contribution is -0.139. The van der Waals surface area contributed by atoms with E-state index in [4.69, 9.17) is 4.74 Å². The molecular formula is C22H28N2O3. The number of likely N-dealkylation sites (tertiary alicyclic amines) is 1. The summed E-state index contributed by atoms with van der Waals surface area (Å²) < 4.78 is 5.69. The number of nitrogens with zero attached hydrogens (tertiary/aromatic N) is 2. The highest BCUT2D eigenvalue weighted by molar-refractivity contribution is 6.35. The first-order valence-electron chi connectivity index (χ1n) is 10.1. The monoisotopic (exact) mass is 368 g/mol. The summed E-state index contributed by atoms with van der Waals surface area (Å²) in [6, 6.07) is 7.91. The van der Waals surface area contributed by atoms with Crippen molar-refractivity contribution in [3.05, 3.63) is 41.1 Å². The van der Waals surface area contributed by atoms with Gasteiger partial charge < -0.3 is 9.64 Å². The lowest BCUT2D eigenvalue weighted by Crippen LogP contribution is -2.41. The Morgan fingerprint density at radius 1 is 1.07 bits per heavy atom. The molecule has 2 fully saturated rings. The standard InChI is InChI=1S/C22H28N2O3/c1-15-7-9-17(10-8-15)19-20(23-11-3-5-16(2)13-23)22(26)24(21(19)25)14-18-6-4-12-27-18/h7-10,16,18H,3-6,11-14H2,1-2H3. The highest BCUT2D eigenvalue weighted by atomic mass is 16.5. The molecule has 0 radical (unpaired) electrons. The maximum atomic E-state index is 13.3. The Morgan fingerprint density at radius 2 is 1.85 bits per heavy atom. The van der Waals surface area contributed by atoms with Crippen LogP contribution in [0.4, 0.5) is 0 Å². The van der Waals surface area contributed by atoms with E-state index in [1.54, 1.807) is 0 Å². The van der Waals surface area contributed by atoms with Crippen LogP contribution in [0.2, 0.25) is 0 Å². The van der Waals surface area contributed by atoms with Crippen LogP contribution in [-0.4, -0.2) is 54.0 Å². The van der Waals surface area contributed by atoms with Gasteiger partial charge in [0.1, 0.15) is 5.70 Å². The molecule has 0 N–H and O–H groups in total. The van der Waals surface area contributed by atoms with Crippen LogP contribution in [0.1, 0.15) is 43.7 Å². The first-order valence-corrected chi connectivity index (χ1v) is 10.1. The van der Waals surface area contributed by atoms with Gasteiger partial charge in [0.2, 0.25) is 0 Å². The van der Waals surface area contributed by atoms with Crippen LogP contribution < -0.4 is 0 Å². The first kappa shape index (κ1) is 18.2. The molecule has 2 atom stereocenters. The zero-order valence-electron chi connectivity index (χ0n) is 16.2. The molecule has 3 aliphatic rings. The lowest BCUT2D eigenvalue weighted by atomic mass is 9.97. The zero-order chi connectivity index (χ0) is 19.0. The number of hydrogen-bond donors (Lipinski definition) is 0. The Labute approximate surface area is 161 Å². The third-order valence-electron chi connectivity index (χ3n) is 5.87. The van der Waals surface area contributed by atoms with Gasteiger partial charge in [-0.1, -0.05) is 36.8 Å². The van der Waals surface area contributed by atoms with E-state index in [9.17, 15) is 9.59 Å². The fraction of sp³-hybridized carbons (Fsp3) is 0.545. The smallest absolute Gasteiger partial charge is 0.277 e. The number of ether oxygens (including phenoxy) is 1. The molecular weight excluding hydrogens is 340 g/mol. The molecule has 2 saturated heterocycles. The minimum Gasteiger partial charge on any atom is -0.376 e. The van der Waals surface area contributed by atoms with Gasteiger partial charge in [0.25, 0.3) is 11.8 Å². The number of benzene rings is 1. The van der Waals surface area contributed by atoms with Crippen LogP contribution in [0, 0.1) is 12.8 Å². The second-order valence-electron chi connectivity index (χ2n) is 8.14. The van der Waals surface area contributed by atoms with Crippen LogP contribution in [0.5, 0.6) is 0 Å². The number of amides is 2. The van der Waals surface area contributed by atoms with Gasteiger partial charge in [-0.15, -0.1) is 0 Å². The second kappa shape index (κ2) is 7.47. The first-order chi connectivity index (χ1) is 13.0. The van der Waals surface area contributed by atoms with E-state index in [1.807, 2.05) is 31.2 Å². The van der Waals surface area contributed by atoms with Gasteiger partial charge in [0.15, 0.2) is 0 Å². The van der Waals surface area contributed by atoms with Gasteiger partial charge in [-0.3, -0.25) is 14.5 Å². The third kappa shape index (κ3) is 3.53. The van der Waals surface area contributed by atoms with Gasteiger partial charge in [0, 0.05) is 19.7 Å². The van der Waals surface area contributed by atoms with Crippen molar-refractivity contribution >= 4 is 17.4 Å². The van der Waals surface area contributed by atoms with E-state index >= 15 is 0 Å². The van der Waals surface area contributed by atoms with Gasteiger partial charge in [-0.2, -0.15) is 0 Å². The summed E-state index contributed by atoms with van der Waals surface area (Å²) in [5.74, 6) is 0.202. The molecule has 2 unspecified atom stereocenters. The van der Waals surface area contributed by atoms with Gasteiger partial charge >= 0.3 is 0 Å². The Kier molecular flexibility index (Phi) is 5.04. The maximum absolute atomic E-state index is 13.3. The Bertz CT molecular complexity index is 762. The van der Waals surface area contributed by atoms with Crippen molar-refractivity contribution in [1.82, 2.24) is 9.80 Å². The maximum Gasteiger partial charge on any atom is 0.277 e. The zero-order valence-corrected chi connectivity index (χ0v) is 16.2. The Balaban J connectivity index is 1.70. The number of piperidine rings is 1. The van der Waals surface area contributed by atoms with Crippen molar-refractivity contribution in [2.75, 3.05) is 26.2 Å². The molecule has 5 heteroatoms. The summed E-state index contributed by atoms with van der Waals surface area (Å²) >= 11 is 0. The molecule has 27 heavy (non-hydrogen) atoms. The molecule has 144 valence electrons. The van der Waals surface area contributed by atoms with Crippen molar-refractivity contribution in [3.63, 3.8) is 0 Å². The molecule has 0 aliphatic carbocycles. The molecule has 0 aromatic heterocycles. The lowest BCUT2D eigenvalue weighted by Gasteiger charge is -2.33. The molecule has 3 aliphatic heterocycles. The predicted molar refractivity (Wildman–Crippen MR) is 104 cm³/mol. The van der Waals surface area contributed by atoms with Crippen LogP contribution in [0.25, 0.3) is 5.57 Å². The number of rotatable bonds is 4. The minimum absolute atomic E-state index is 0.0307.